The second-order valence-corrected chi connectivity index (χ2v) is 4.17. The van der Waals surface area contributed by atoms with Crippen molar-refractivity contribution in [2.45, 2.75) is 0 Å². The largest absolute Gasteiger partial charge is 0.494 e. The molecule has 0 atom stereocenters. The normalized spacial score (nSPS) is 10.5. The number of hydrogen-bond acceptors (Lipinski definition) is 6. The highest BCUT2D eigenvalue weighted by Gasteiger charge is 2.10. The van der Waals surface area contributed by atoms with Crippen molar-refractivity contribution in [3.05, 3.63) is 30.9 Å². The fraction of sp³-hybridized carbons (Fsp3) is 0.154. The third kappa shape index (κ3) is 2.09. The van der Waals surface area contributed by atoms with Crippen LogP contribution in [0.4, 0.5) is 17.2 Å². The quantitative estimate of drug-likeness (QED) is 0.673. The summed E-state index contributed by atoms with van der Waals surface area (Å²) in [5.74, 6) is 1.39. The molecule has 1 aromatic carbocycles. The molecule has 7 heteroatoms. The Morgan fingerprint density at radius 2 is 2.10 bits per heavy atom. The number of aromatic amines is 1. The Balaban J connectivity index is 2.04. The molecule has 0 saturated carbocycles. The predicted molar refractivity (Wildman–Crippen MR) is 77.5 cm³/mol. The number of H-pyrrole nitrogens is 1. The summed E-state index contributed by atoms with van der Waals surface area (Å²) in [7, 11) is 3.45. The lowest BCUT2D eigenvalue weighted by Crippen LogP contribution is -2.01. The zero-order chi connectivity index (χ0) is 13.9. The van der Waals surface area contributed by atoms with Crippen LogP contribution >= 0.6 is 0 Å². The third-order valence-electron chi connectivity index (χ3n) is 2.99. The number of ether oxygens (including phenoxy) is 1. The van der Waals surface area contributed by atoms with Gasteiger partial charge in [-0.15, -0.1) is 0 Å². The fourth-order valence-electron chi connectivity index (χ4n) is 1.98. The monoisotopic (exact) mass is 270 g/mol. The van der Waals surface area contributed by atoms with Crippen LogP contribution in [-0.4, -0.2) is 34.3 Å². The van der Waals surface area contributed by atoms with Gasteiger partial charge in [0.05, 0.1) is 36.4 Å². The molecule has 0 fully saturated rings. The van der Waals surface area contributed by atoms with Gasteiger partial charge in [0.25, 0.3) is 0 Å². The van der Waals surface area contributed by atoms with E-state index in [1.807, 2.05) is 19.2 Å². The summed E-state index contributed by atoms with van der Waals surface area (Å²) in [4.78, 5) is 8.21. The van der Waals surface area contributed by atoms with Crippen molar-refractivity contribution in [1.82, 2.24) is 20.2 Å². The Labute approximate surface area is 115 Å². The molecule has 2 aromatic heterocycles. The minimum absolute atomic E-state index is 0.684. The first-order valence-electron chi connectivity index (χ1n) is 6.07. The van der Waals surface area contributed by atoms with E-state index in [0.717, 1.165) is 22.3 Å². The van der Waals surface area contributed by atoms with Crippen LogP contribution in [0.15, 0.2) is 30.9 Å². The smallest absolute Gasteiger partial charge is 0.157 e. The van der Waals surface area contributed by atoms with Gasteiger partial charge in [-0.2, -0.15) is 5.10 Å². The molecule has 102 valence electrons. The van der Waals surface area contributed by atoms with Gasteiger partial charge in [0.1, 0.15) is 12.1 Å². The molecule has 0 aliphatic carbocycles. The van der Waals surface area contributed by atoms with Crippen LogP contribution in [0.3, 0.4) is 0 Å². The van der Waals surface area contributed by atoms with E-state index in [0.29, 0.717) is 11.6 Å². The van der Waals surface area contributed by atoms with Gasteiger partial charge in [0, 0.05) is 18.5 Å². The first-order chi connectivity index (χ1) is 9.81. The highest BCUT2D eigenvalue weighted by Crippen LogP contribution is 2.32. The van der Waals surface area contributed by atoms with Gasteiger partial charge >= 0.3 is 0 Å². The Morgan fingerprint density at radius 1 is 1.20 bits per heavy atom. The molecule has 20 heavy (non-hydrogen) atoms. The molecule has 3 N–H and O–H groups in total. The average molecular weight is 270 g/mol. The highest BCUT2D eigenvalue weighted by atomic mass is 16.5. The summed E-state index contributed by atoms with van der Waals surface area (Å²) >= 11 is 0. The van der Waals surface area contributed by atoms with Crippen LogP contribution in [0.2, 0.25) is 0 Å². The molecule has 3 rings (SSSR count). The molecular formula is C13H14N6O. The van der Waals surface area contributed by atoms with Crippen molar-refractivity contribution in [3.63, 3.8) is 0 Å². The molecule has 7 nitrogen and oxygen atoms in total. The molecule has 0 saturated heterocycles. The zero-order valence-corrected chi connectivity index (χ0v) is 11.1. The summed E-state index contributed by atoms with van der Waals surface area (Å²) in [6.07, 6.45) is 4.96. The molecule has 0 aliphatic rings. The minimum atomic E-state index is 0.684. The number of methoxy groups -OCH3 is 1. The number of hydrogen-bond donors (Lipinski definition) is 3. The van der Waals surface area contributed by atoms with Crippen LogP contribution in [0.25, 0.3) is 10.9 Å². The highest BCUT2D eigenvalue weighted by molar-refractivity contribution is 5.87. The number of rotatable bonds is 4. The van der Waals surface area contributed by atoms with Crippen molar-refractivity contribution >= 4 is 28.1 Å². The summed E-state index contributed by atoms with van der Waals surface area (Å²) in [5.41, 5.74) is 2.54. The van der Waals surface area contributed by atoms with Gasteiger partial charge in [-0.05, 0) is 6.07 Å². The Bertz CT molecular complexity index is 739. The molecule has 0 unspecified atom stereocenters. The number of fused-ring (bicyclic) bond motifs is 1. The number of benzene rings is 1. The van der Waals surface area contributed by atoms with Gasteiger partial charge in [0.2, 0.25) is 0 Å². The van der Waals surface area contributed by atoms with Crippen LogP contribution in [0, 0.1) is 0 Å². The van der Waals surface area contributed by atoms with Crippen LogP contribution in [0.5, 0.6) is 5.75 Å². The summed E-state index contributed by atoms with van der Waals surface area (Å²) in [6.45, 7) is 0. The topological polar surface area (TPSA) is 87.8 Å². The molecule has 0 aliphatic heterocycles. The van der Waals surface area contributed by atoms with Gasteiger partial charge < -0.3 is 15.4 Å². The van der Waals surface area contributed by atoms with Crippen LogP contribution < -0.4 is 15.4 Å². The summed E-state index contributed by atoms with van der Waals surface area (Å²) in [5, 5.41) is 14.2. The lowest BCUT2D eigenvalue weighted by atomic mass is 10.2. The van der Waals surface area contributed by atoms with Crippen molar-refractivity contribution in [2.24, 2.45) is 0 Å². The molecule has 3 aromatic rings. The van der Waals surface area contributed by atoms with Crippen molar-refractivity contribution in [2.75, 3.05) is 24.8 Å². The van der Waals surface area contributed by atoms with Gasteiger partial charge in [-0.25, -0.2) is 9.97 Å². The zero-order valence-electron chi connectivity index (χ0n) is 11.1. The molecule has 0 amide bonds. The summed E-state index contributed by atoms with van der Waals surface area (Å²) < 4.78 is 5.39. The number of anilines is 3. The minimum Gasteiger partial charge on any atom is -0.494 e. The maximum absolute atomic E-state index is 5.39. The second kappa shape index (κ2) is 5.04. The second-order valence-electron chi connectivity index (χ2n) is 4.17. The van der Waals surface area contributed by atoms with Crippen LogP contribution in [-0.2, 0) is 0 Å². The lowest BCUT2D eigenvalue weighted by molar-refractivity contribution is 0.417. The van der Waals surface area contributed by atoms with E-state index in [9.17, 15) is 0 Å². The first-order valence-corrected chi connectivity index (χ1v) is 6.07. The number of nitrogens with one attached hydrogen (secondary N) is 3. The van der Waals surface area contributed by atoms with E-state index < -0.39 is 0 Å². The predicted octanol–water partition coefficient (Wildman–Crippen LogP) is 2.15. The molecule has 0 bridgehead atoms. The van der Waals surface area contributed by atoms with Crippen LogP contribution in [0.1, 0.15) is 0 Å². The number of aromatic nitrogens is 4. The van der Waals surface area contributed by atoms with Gasteiger partial charge in [-0.3, -0.25) is 5.10 Å². The SMILES string of the molecule is CNc1cncnc1Nc1cc2cn[nH]c2cc1OC. The standard InChI is InChI=1S/C13H14N6O/c1-14-11-6-15-7-16-13(11)18-10-3-8-5-17-19-9(8)4-12(10)20-2/h3-7,14H,1-2H3,(H,17,19)(H,15,16,18). The Hall–Kier alpha value is -2.83. The van der Waals surface area contributed by atoms with Gasteiger partial charge in [-0.1, -0.05) is 0 Å². The first kappa shape index (κ1) is 12.2. The Morgan fingerprint density at radius 3 is 2.90 bits per heavy atom. The van der Waals surface area contributed by atoms with E-state index in [4.69, 9.17) is 4.74 Å². The average Bonchev–Trinajstić information content (AvgIpc) is 2.94. The molecular weight excluding hydrogens is 256 g/mol. The molecule has 0 radical (unpaired) electrons. The fourth-order valence-corrected chi connectivity index (χ4v) is 1.98. The maximum atomic E-state index is 5.39. The molecule has 2 heterocycles. The van der Waals surface area contributed by atoms with Gasteiger partial charge in [0.15, 0.2) is 5.82 Å². The van der Waals surface area contributed by atoms with E-state index in [-0.39, 0.29) is 0 Å². The lowest BCUT2D eigenvalue weighted by Gasteiger charge is -2.13. The van der Waals surface area contributed by atoms with E-state index in [1.165, 1.54) is 6.33 Å². The third-order valence-corrected chi connectivity index (χ3v) is 2.99. The van der Waals surface area contributed by atoms with Crippen molar-refractivity contribution in [3.8, 4) is 5.75 Å². The summed E-state index contributed by atoms with van der Waals surface area (Å²) in [6, 6.07) is 3.85. The van der Waals surface area contributed by atoms with E-state index in [1.54, 1.807) is 19.5 Å². The van der Waals surface area contributed by atoms with Crippen molar-refractivity contribution in [1.29, 1.82) is 0 Å². The van der Waals surface area contributed by atoms with E-state index >= 15 is 0 Å². The molecule has 0 spiro atoms. The van der Waals surface area contributed by atoms with E-state index in [2.05, 4.69) is 30.8 Å². The Kier molecular flexibility index (Phi) is 3.08. The maximum Gasteiger partial charge on any atom is 0.157 e. The van der Waals surface area contributed by atoms with Crippen molar-refractivity contribution < 1.29 is 4.74 Å². The number of nitrogens with zero attached hydrogens (tertiary/aromatic N) is 3.